The number of ether oxygens (including phenoxy) is 2. The Morgan fingerprint density at radius 3 is 2.59 bits per heavy atom. The first-order valence-electron chi connectivity index (χ1n) is 11.8. The predicted octanol–water partition coefficient (Wildman–Crippen LogP) is 4.36. The Morgan fingerprint density at radius 1 is 1.09 bits per heavy atom. The molecule has 0 aliphatic carbocycles. The van der Waals surface area contributed by atoms with Crippen LogP contribution in [0.3, 0.4) is 0 Å². The Balaban J connectivity index is 1.55. The fourth-order valence-electron chi connectivity index (χ4n) is 3.98. The maximum atomic E-state index is 12.6. The second kappa shape index (κ2) is 12.8. The molecule has 1 fully saturated rings. The average Bonchev–Trinajstić information content (AvgIpc) is 3.33. The molecule has 32 heavy (non-hydrogen) atoms. The van der Waals surface area contributed by atoms with E-state index < -0.39 is 0 Å². The molecule has 1 aromatic carbocycles. The molecule has 3 rings (SSSR count). The number of piperidine rings is 1. The van der Waals surface area contributed by atoms with Crippen molar-refractivity contribution < 1.29 is 14.3 Å². The summed E-state index contributed by atoms with van der Waals surface area (Å²) in [5, 5.41) is 3.07. The van der Waals surface area contributed by atoms with Gasteiger partial charge in [-0.25, -0.2) is 0 Å². The van der Waals surface area contributed by atoms with Crippen molar-refractivity contribution >= 4 is 17.2 Å². The number of nitrogens with one attached hydrogen (secondary N) is 1. The lowest BCUT2D eigenvalue weighted by molar-refractivity contribution is 0.0950. The summed E-state index contributed by atoms with van der Waals surface area (Å²) in [7, 11) is 1.66. The van der Waals surface area contributed by atoms with E-state index in [9.17, 15) is 4.79 Å². The molecule has 7 heteroatoms. The number of carbonyl (C=O) groups excluding carboxylic acids is 1. The van der Waals surface area contributed by atoms with Crippen LogP contribution in [-0.2, 0) is 0 Å². The zero-order valence-corrected chi connectivity index (χ0v) is 20.5. The highest BCUT2D eigenvalue weighted by molar-refractivity contribution is 7.17. The van der Waals surface area contributed by atoms with Crippen molar-refractivity contribution in [3.8, 4) is 21.9 Å². The van der Waals surface area contributed by atoms with Crippen molar-refractivity contribution in [2.45, 2.75) is 33.1 Å². The second-order valence-corrected chi connectivity index (χ2v) is 9.15. The number of hydrogen-bond donors (Lipinski definition) is 1. The number of nitrogens with zero attached hydrogens (tertiary/aromatic N) is 2. The van der Waals surface area contributed by atoms with Gasteiger partial charge in [-0.2, -0.15) is 0 Å². The standard InChI is InChI=1S/C25H37N3O3S/c1-4-27(5-2)17-18-31-21-10-9-20(19-22(21)30-3)23-11-12-24(32-23)25(29)26-13-16-28-14-7-6-8-15-28/h9-12,19H,4-8,13-18H2,1-3H3,(H,26,29). The monoisotopic (exact) mass is 459 g/mol. The third-order valence-electron chi connectivity index (χ3n) is 6.00. The first-order valence-corrected chi connectivity index (χ1v) is 12.6. The summed E-state index contributed by atoms with van der Waals surface area (Å²) in [6.45, 7) is 11.8. The van der Waals surface area contributed by atoms with E-state index in [1.165, 1.54) is 30.6 Å². The van der Waals surface area contributed by atoms with Crippen LogP contribution in [0.2, 0.25) is 0 Å². The van der Waals surface area contributed by atoms with Gasteiger partial charge in [0.1, 0.15) is 6.61 Å². The lowest BCUT2D eigenvalue weighted by Gasteiger charge is -2.26. The summed E-state index contributed by atoms with van der Waals surface area (Å²) in [6.07, 6.45) is 3.87. The summed E-state index contributed by atoms with van der Waals surface area (Å²) in [5.41, 5.74) is 1.02. The molecule has 6 nitrogen and oxygen atoms in total. The highest BCUT2D eigenvalue weighted by atomic mass is 32.1. The van der Waals surface area contributed by atoms with E-state index in [1.807, 2.05) is 30.3 Å². The molecule has 1 aliphatic heterocycles. The summed E-state index contributed by atoms with van der Waals surface area (Å²) >= 11 is 1.50. The number of benzene rings is 1. The molecule has 2 aromatic rings. The van der Waals surface area contributed by atoms with Gasteiger partial charge in [-0.05, 0) is 74.9 Å². The van der Waals surface area contributed by atoms with Gasteiger partial charge in [0.05, 0.1) is 12.0 Å². The van der Waals surface area contributed by atoms with Gasteiger partial charge in [0, 0.05) is 24.5 Å². The van der Waals surface area contributed by atoms with Crippen molar-refractivity contribution in [2.75, 3.05) is 59.5 Å². The van der Waals surface area contributed by atoms with Gasteiger partial charge in [0.15, 0.2) is 11.5 Å². The molecule has 0 bridgehead atoms. The Hall–Kier alpha value is -2.09. The minimum atomic E-state index is 0.00146. The van der Waals surface area contributed by atoms with E-state index in [-0.39, 0.29) is 5.91 Å². The van der Waals surface area contributed by atoms with E-state index in [1.54, 1.807) is 7.11 Å². The Morgan fingerprint density at radius 2 is 1.88 bits per heavy atom. The average molecular weight is 460 g/mol. The number of rotatable bonds is 12. The van der Waals surface area contributed by atoms with Gasteiger partial charge in [0.25, 0.3) is 5.91 Å². The number of amides is 1. The van der Waals surface area contributed by atoms with Gasteiger partial charge in [-0.1, -0.05) is 20.3 Å². The second-order valence-electron chi connectivity index (χ2n) is 8.06. The number of hydrogen-bond acceptors (Lipinski definition) is 6. The highest BCUT2D eigenvalue weighted by Crippen LogP contribution is 2.35. The van der Waals surface area contributed by atoms with Crippen LogP contribution in [-0.4, -0.2) is 75.2 Å². The number of carbonyl (C=O) groups is 1. The zero-order chi connectivity index (χ0) is 22.8. The highest BCUT2D eigenvalue weighted by Gasteiger charge is 2.14. The molecule has 176 valence electrons. The lowest BCUT2D eigenvalue weighted by Crippen LogP contribution is -2.37. The molecule has 0 atom stereocenters. The van der Waals surface area contributed by atoms with E-state index >= 15 is 0 Å². The summed E-state index contributed by atoms with van der Waals surface area (Å²) in [5.74, 6) is 1.46. The van der Waals surface area contributed by atoms with Crippen LogP contribution in [0.4, 0.5) is 0 Å². The molecule has 0 spiro atoms. The van der Waals surface area contributed by atoms with Gasteiger partial charge in [-0.15, -0.1) is 11.3 Å². The van der Waals surface area contributed by atoms with Crippen LogP contribution >= 0.6 is 11.3 Å². The number of methoxy groups -OCH3 is 1. The summed E-state index contributed by atoms with van der Waals surface area (Å²) in [4.78, 5) is 19.1. The molecule has 1 aliphatic rings. The van der Waals surface area contributed by atoms with Crippen LogP contribution in [0.15, 0.2) is 30.3 Å². The molecule has 0 radical (unpaired) electrons. The smallest absolute Gasteiger partial charge is 0.261 e. The van der Waals surface area contributed by atoms with E-state index in [0.29, 0.717) is 18.9 Å². The fraction of sp³-hybridized carbons (Fsp3) is 0.560. The Bertz CT molecular complexity index is 845. The first kappa shape index (κ1) is 24.6. The van der Waals surface area contributed by atoms with Gasteiger partial charge in [-0.3, -0.25) is 4.79 Å². The normalized spacial score (nSPS) is 14.5. The quantitative estimate of drug-likeness (QED) is 0.511. The molecule has 2 heterocycles. The molecular formula is C25H37N3O3S. The topological polar surface area (TPSA) is 54.0 Å². The third kappa shape index (κ3) is 6.95. The maximum absolute atomic E-state index is 12.6. The molecular weight excluding hydrogens is 422 g/mol. The lowest BCUT2D eigenvalue weighted by atomic mass is 10.1. The van der Waals surface area contributed by atoms with Gasteiger partial charge in [0.2, 0.25) is 0 Å². The largest absolute Gasteiger partial charge is 0.493 e. The van der Waals surface area contributed by atoms with E-state index in [4.69, 9.17) is 9.47 Å². The van der Waals surface area contributed by atoms with Crippen LogP contribution < -0.4 is 14.8 Å². The summed E-state index contributed by atoms with van der Waals surface area (Å²) < 4.78 is 11.5. The number of likely N-dealkylation sites (N-methyl/N-ethyl adjacent to an activating group) is 1. The molecule has 1 amide bonds. The maximum Gasteiger partial charge on any atom is 0.261 e. The number of thiophene rings is 1. The molecule has 0 unspecified atom stereocenters. The number of likely N-dealkylation sites (tertiary alicyclic amines) is 1. The SMILES string of the molecule is CCN(CC)CCOc1ccc(-c2ccc(C(=O)NCCN3CCCCC3)s2)cc1OC. The predicted molar refractivity (Wildman–Crippen MR) is 132 cm³/mol. The van der Waals surface area contributed by atoms with E-state index in [2.05, 4.69) is 29.0 Å². The Kier molecular flexibility index (Phi) is 9.84. The molecule has 1 aromatic heterocycles. The third-order valence-corrected chi connectivity index (χ3v) is 7.13. The van der Waals surface area contributed by atoms with Gasteiger partial charge < -0.3 is 24.6 Å². The molecule has 1 saturated heterocycles. The fourth-order valence-corrected chi connectivity index (χ4v) is 4.90. The minimum absolute atomic E-state index is 0.00146. The van der Waals surface area contributed by atoms with Crippen molar-refractivity contribution in [1.29, 1.82) is 0 Å². The van der Waals surface area contributed by atoms with E-state index in [0.717, 1.165) is 60.3 Å². The van der Waals surface area contributed by atoms with Crippen LogP contribution in [0, 0.1) is 0 Å². The van der Waals surface area contributed by atoms with Crippen LogP contribution in [0.25, 0.3) is 10.4 Å². The van der Waals surface area contributed by atoms with Crippen molar-refractivity contribution in [3.05, 3.63) is 35.2 Å². The van der Waals surface area contributed by atoms with Crippen molar-refractivity contribution in [1.82, 2.24) is 15.1 Å². The first-order chi connectivity index (χ1) is 15.6. The van der Waals surface area contributed by atoms with Crippen LogP contribution in [0.1, 0.15) is 42.8 Å². The van der Waals surface area contributed by atoms with Crippen molar-refractivity contribution in [3.63, 3.8) is 0 Å². The zero-order valence-electron chi connectivity index (χ0n) is 19.7. The van der Waals surface area contributed by atoms with Gasteiger partial charge >= 0.3 is 0 Å². The molecule has 0 saturated carbocycles. The van der Waals surface area contributed by atoms with Crippen molar-refractivity contribution in [2.24, 2.45) is 0 Å². The Labute approximate surface area is 196 Å². The van der Waals surface area contributed by atoms with Crippen LogP contribution in [0.5, 0.6) is 11.5 Å². The minimum Gasteiger partial charge on any atom is -0.493 e. The molecule has 1 N–H and O–H groups in total. The summed E-state index contributed by atoms with van der Waals surface area (Å²) in [6, 6.07) is 9.86.